The lowest BCUT2D eigenvalue weighted by atomic mass is 10.00. The van der Waals surface area contributed by atoms with Gasteiger partial charge in [0.25, 0.3) is 5.56 Å². The number of rotatable bonds is 3. The summed E-state index contributed by atoms with van der Waals surface area (Å²) in [7, 11) is 0. The Labute approximate surface area is 151 Å². The van der Waals surface area contributed by atoms with E-state index in [1.165, 1.54) is 0 Å². The second-order valence-corrected chi connectivity index (χ2v) is 7.34. The van der Waals surface area contributed by atoms with E-state index in [9.17, 15) is 4.79 Å². The zero-order valence-electron chi connectivity index (χ0n) is 13.9. The normalized spacial score (nSPS) is 15.4. The lowest BCUT2D eigenvalue weighted by Gasteiger charge is -2.21. The Morgan fingerprint density at radius 3 is 2.76 bits per heavy atom. The number of hydrogen-bond acceptors (Lipinski definition) is 5. The van der Waals surface area contributed by atoms with E-state index >= 15 is 0 Å². The Balaban J connectivity index is 0.00000182. The van der Waals surface area contributed by atoms with Crippen molar-refractivity contribution in [2.75, 3.05) is 13.2 Å². The molecule has 3 aromatic heterocycles. The minimum atomic E-state index is -0.00791. The lowest BCUT2D eigenvalue weighted by molar-refractivity contribution is 0.0835. The fourth-order valence-electron chi connectivity index (χ4n) is 3.32. The van der Waals surface area contributed by atoms with Crippen molar-refractivity contribution >= 4 is 16.9 Å². The molecule has 3 aromatic rings. The summed E-state index contributed by atoms with van der Waals surface area (Å²) in [6.07, 6.45) is 5.64. The van der Waals surface area contributed by atoms with Crippen molar-refractivity contribution in [1.29, 1.82) is 0 Å². The Morgan fingerprint density at radius 2 is 2.08 bits per heavy atom. The van der Waals surface area contributed by atoms with E-state index < -0.39 is 0 Å². The smallest absolute Gasteiger partial charge is 0.277 e. The number of fused-ring (bicyclic) bond motifs is 1. The molecule has 1 saturated heterocycles. The Hall–Kier alpha value is -1.99. The summed E-state index contributed by atoms with van der Waals surface area (Å²) in [4.78, 5) is 21.9. The number of aromatic nitrogens is 4. The number of nitrogens with zero attached hydrogens (tertiary/aromatic N) is 4. The van der Waals surface area contributed by atoms with Crippen LogP contribution in [-0.4, -0.2) is 32.1 Å². The highest BCUT2D eigenvalue weighted by Crippen LogP contribution is 2.26. The van der Waals surface area contributed by atoms with Gasteiger partial charge in [0.1, 0.15) is 11.3 Å². The van der Waals surface area contributed by atoms with Gasteiger partial charge in [0.2, 0.25) is 0 Å². The van der Waals surface area contributed by atoms with Crippen LogP contribution in [0, 0.1) is 13.8 Å². The molecule has 0 bridgehead atoms. The highest BCUT2D eigenvalue weighted by molar-refractivity contribution is 7.09. The molecule has 0 saturated carbocycles. The van der Waals surface area contributed by atoms with Crippen LogP contribution < -0.4 is 5.56 Å². The largest absolute Gasteiger partial charge is 0.381 e. The van der Waals surface area contributed by atoms with Crippen LogP contribution in [0.25, 0.3) is 5.52 Å². The maximum Gasteiger partial charge on any atom is 0.277 e. The topological polar surface area (TPSA) is 61.4 Å². The minimum absolute atomic E-state index is 0. The molecule has 0 radical (unpaired) electrons. The third kappa shape index (κ3) is 3.26. The number of hydrogen-bond donors (Lipinski definition) is 0. The Kier molecular flexibility index (Phi) is 5.06. The molecule has 0 unspecified atom stereocenters. The number of imidazole rings is 1. The van der Waals surface area contributed by atoms with Crippen LogP contribution in [-0.2, 0) is 11.3 Å². The van der Waals surface area contributed by atoms with Gasteiger partial charge in [-0.15, -0.1) is 11.3 Å². The monoisotopic (exact) mass is 360 g/mol. The van der Waals surface area contributed by atoms with Crippen molar-refractivity contribution in [1.82, 2.24) is 18.9 Å². The molecule has 4 rings (SSSR count). The summed E-state index contributed by atoms with van der Waals surface area (Å²) >= 11 is 1.61. The van der Waals surface area contributed by atoms with E-state index in [1.807, 2.05) is 29.8 Å². The second-order valence-electron chi connectivity index (χ2n) is 6.28. The van der Waals surface area contributed by atoms with Crippen LogP contribution in [0.4, 0.5) is 0 Å². The zero-order valence-corrected chi connectivity index (χ0v) is 14.7. The Bertz CT molecular complexity index is 934. The third-order valence-electron chi connectivity index (χ3n) is 4.60. The molecule has 1 fully saturated rings. The fourth-order valence-corrected chi connectivity index (χ4v) is 3.93. The fraction of sp³-hybridized carbons (Fsp3) is 0.500. The molecule has 0 atom stereocenters. The van der Waals surface area contributed by atoms with Crippen LogP contribution in [0.5, 0.6) is 0 Å². The summed E-state index contributed by atoms with van der Waals surface area (Å²) in [5, 5.41) is 3.03. The summed E-state index contributed by atoms with van der Waals surface area (Å²) in [6, 6.07) is 0. The van der Waals surface area contributed by atoms with Crippen molar-refractivity contribution < 1.29 is 4.74 Å². The number of aryl methyl sites for hydroxylation is 2. The highest BCUT2D eigenvalue weighted by atomic mass is 32.1. The molecular weight excluding hydrogens is 336 g/mol. The van der Waals surface area contributed by atoms with Crippen LogP contribution in [0.15, 0.2) is 22.6 Å². The van der Waals surface area contributed by atoms with Gasteiger partial charge in [0, 0.05) is 36.4 Å². The third-order valence-corrected chi connectivity index (χ3v) is 5.43. The summed E-state index contributed by atoms with van der Waals surface area (Å²) in [5.41, 5.74) is 2.47. The summed E-state index contributed by atoms with van der Waals surface area (Å²) < 4.78 is 9.18. The molecule has 6 nitrogen and oxygen atoms in total. The van der Waals surface area contributed by atoms with Crippen LogP contribution in [0.2, 0.25) is 0 Å². The molecular formula is C18H24N4O2S. The van der Waals surface area contributed by atoms with Gasteiger partial charge in [-0.25, -0.2) is 9.97 Å². The predicted octanol–water partition coefficient (Wildman–Crippen LogP) is 3.15. The first-order chi connectivity index (χ1) is 11.6. The first-order valence-corrected chi connectivity index (χ1v) is 9.07. The van der Waals surface area contributed by atoms with Gasteiger partial charge in [-0.2, -0.15) is 0 Å². The quantitative estimate of drug-likeness (QED) is 0.720. The summed E-state index contributed by atoms with van der Waals surface area (Å²) in [6.45, 7) is 5.97. The van der Waals surface area contributed by atoms with Gasteiger partial charge < -0.3 is 9.30 Å². The maximum atomic E-state index is 12.9. The van der Waals surface area contributed by atoms with E-state index in [1.54, 1.807) is 22.1 Å². The van der Waals surface area contributed by atoms with Crippen molar-refractivity contribution in [2.24, 2.45) is 0 Å². The molecule has 1 aliphatic heterocycles. The van der Waals surface area contributed by atoms with Crippen LogP contribution >= 0.6 is 11.3 Å². The molecule has 7 heteroatoms. The van der Waals surface area contributed by atoms with Gasteiger partial charge >= 0.3 is 0 Å². The van der Waals surface area contributed by atoms with Crippen LogP contribution in [0.3, 0.4) is 0 Å². The zero-order chi connectivity index (χ0) is 16.7. The lowest BCUT2D eigenvalue weighted by Crippen LogP contribution is -2.25. The van der Waals surface area contributed by atoms with Crippen LogP contribution in [0.1, 0.15) is 48.4 Å². The van der Waals surface area contributed by atoms with Gasteiger partial charge in [-0.1, -0.05) is 7.43 Å². The molecule has 0 amide bonds. The number of ether oxygens (including phenoxy) is 1. The van der Waals surface area contributed by atoms with Gasteiger partial charge in [-0.05, 0) is 26.7 Å². The maximum absolute atomic E-state index is 12.9. The second kappa shape index (κ2) is 7.09. The molecule has 0 aromatic carbocycles. The van der Waals surface area contributed by atoms with Crippen molar-refractivity contribution in [3.63, 3.8) is 0 Å². The molecule has 0 aliphatic carbocycles. The van der Waals surface area contributed by atoms with Gasteiger partial charge in [0.05, 0.1) is 23.4 Å². The molecule has 0 spiro atoms. The van der Waals surface area contributed by atoms with Crippen molar-refractivity contribution in [3.8, 4) is 0 Å². The molecule has 25 heavy (non-hydrogen) atoms. The van der Waals surface area contributed by atoms with Crippen molar-refractivity contribution in [2.45, 2.75) is 46.6 Å². The van der Waals surface area contributed by atoms with E-state index in [-0.39, 0.29) is 13.0 Å². The predicted molar refractivity (Wildman–Crippen MR) is 99.7 cm³/mol. The molecule has 4 heterocycles. The van der Waals surface area contributed by atoms with Gasteiger partial charge in [-0.3, -0.25) is 9.20 Å². The average molecular weight is 360 g/mol. The Morgan fingerprint density at radius 1 is 1.32 bits per heavy atom. The number of thiazole rings is 1. The van der Waals surface area contributed by atoms with E-state index in [0.29, 0.717) is 18.0 Å². The first-order valence-electron chi connectivity index (χ1n) is 8.19. The van der Waals surface area contributed by atoms with E-state index in [0.717, 1.165) is 48.3 Å². The molecule has 1 aliphatic rings. The highest BCUT2D eigenvalue weighted by Gasteiger charge is 2.22. The van der Waals surface area contributed by atoms with Gasteiger partial charge in [0.15, 0.2) is 0 Å². The van der Waals surface area contributed by atoms with E-state index in [2.05, 4.69) is 9.97 Å². The summed E-state index contributed by atoms with van der Waals surface area (Å²) in [5.74, 6) is 1.34. The standard InChI is InChI=1S/C17H20N4O2S.CH4/c1-11-8-21-15(7-18-16(21)13-3-5-23-6-4-13)17(22)20(11)9-14-10-24-12(2)19-14;/h7-8,10,13H,3-6,9H2,1-2H3;1H4. The van der Waals surface area contributed by atoms with E-state index in [4.69, 9.17) is 4.74 Å². The molecule has 0 N–H and O–H groups in total. The minimum Gasteiger partial charge on any atom is -0.381 e. The average Bonchev–Trinajstić information content (AvgIpc) is 3.18. The SMILES string of the molecule is C.Cc1nc(Cn2c(C)cn3c(C4CCOCC4)ncc3c2=O)cs1. The van der Waals surface area contributed by atoms with Crippen molar-refractivity contribution in [3.05, 3.63) is 50.3 Å². The molecule has 134 valence electrons. The first kappa shape index (κ1) is 17.8.